The van der Waals surface area contributed by atoms with E-state index >= 15 is 0 Å². The average molecular weight is 244 g/mol. The van der Waals surface area contributed by atoms with Gasteiger partial charge in [0.2, 0.25) is 0 Å². The average Bonchev–Trinajstić information content (AvgIpc) is 2.35. The van der Waals surface area contributed by atoms with Crippen LogP contribution >= 0.6 is 0 Å². The predicted octanol–water partition coefficient (Wildman–Crippen LogP) is 0.624. The molecule has 6 nitrogen and oxygen atoms in total. The van der Waals surface area contributed by atoms with Crippen molar-refractivity contribution in [3.05, 3.63) is 0 Å². The van der Waals surface area contributed by atoms with Crippen LogP contribution in [0.3, 0.4) is 0 Å². The number of hydrogen-bond donors (Lipinski definition) is 6. The van der Waals surface area contributed by atoms with Gasteiger partial charge in [0.1, 0.15) is 0 Å². The molecule has 0 spiro atoms. The molecule has 1 heterocycles. The van der Waals surface area contributed by atoms with Crippen LogP contribution in [0.2, 0.25) is 0 Å². The third-order valence-corrected chi connectivity index (χ3v) is 2.97. The van der Waals surface area contributed by atoms with E-state index in [-0.39, 0.29) is 0 Å². The van der Waals surface area contributed by atoms with E-state index < -0.39 is 0 Å². The highest BCUT2D eigenvalue weighted by molar-refractivity contribution is 4.49. The first-order valence-electron chi connectivity index (χ1n) is 6.96. The molecule has 1 rings (SSSR count). The molecule has 1 saturated heterocycles. The minimum absolute atomic E-state index is 0.988. The van der Waals surface area contributed by atoms with Gasteiger partial charge >= 0.3 is 0 Å². The fourth-order valence-corrected chi connectivity index (χ4v) is 1.94. The van der Waals surface area contributed by atoms with E-state index in [9.17, 15) is 0 Å². The van der Waals surface area contributed by atoms with Gasteiger partial charge in [0.25, 0.3) is 0 Å². The van der Waals surface area contributed by atoms with Crippen molar-refractivity contribution in [2.75, 3.05) is 13.1 Å². The van der Waals surface area contributed by atoms with Gasteiger partial charge in [0, 0.05) is 13.1 Å². The summed E-state index contributed by atoms with van der Waals surface area (Å²) >= 11 is 0. The molecular weight excluding hydrogens is 216 g/mol. The molecule has 0 saturated carbocycles. The summed E-state index contributed by atoms with van der Waals surface area (Å²) in [5, 5.41) is 0. The third-order valence-electron chi connectivity index (χ3n) is 2.97. The molecule has 6 heteroatoms. The van der Waals surface area contributed by atoms with E-state index in [1.165, 1.54) is 57.8 Å². The van der Waals surface area contributed by atoms with Crippen LogP contribution in [0.15, 0.2) is 0 Å². The zero-order chi connectivity index (χ0) is 12.0. The molecule has 17 heavy (non-hydrogen) atoms. The van der Waals surface area contributed by atoms with Gasteiger partial charge < -0.3 is 0 Å². The molecule has 1 fully saturated rings. The fraction of sp³-hybridized carbons (Fsp3) is 1.00. The highest BCUT2D eigenvalue weighted by atomic mass is 15.8. The van der Waals surface area contributed by atoms with E-state index in [0.29, 0.717) is 0 Å². The molecule has 0 unspecified atom stereocenters. The maximum atomic E-state index is 3.09. The van der Waals surface area contributed by atoms with E-state index in [1.54, 1.807) is 0 Å². The van der Waals surface area contributed by atoms with Crippen LogP contribution in [0.5, 0.6) is 0 Å². The maximum absolute atomic E-state index is 3.09. The van der Waals surface area contributed by atoms with Crippen LogP contribution in [0.1, 0.15) is 57.8 Å². The van der Waals surface area contributed by atoms with Gasteiger partial charge in [-0.15, -0.1) is 0 Å². The standard InChI is InChI=1S/C11H28N6/c1-2-4-6-8-10-12-14-16-17-15-13-11-9-7-5-3-1/h12-17H,1-11H2. The van der Waals surface area contributed by atoms with E-state index in [4.69, 9.17) is 0 Å². The van der Waals surface area contributed by atoms with Crippen molar-refractivity contribution in [3.63, 3.8) is 0 Å². The Hall–Kier alpha value is -0.240. The van der Waals surface area contributed by atoms with Gasteiger partial charge in [-0.05, 0) is 12.8 Å². The smallest absolute Gasteiger partial charge is 0.0113 e. The summed E-state index contributed by atoms with van der Waals surface area (Å²) in [4.78, 5) is 0. The second kappa shape index (κ2) is 12.2. The van der Waals surface area contributed by atoms with Crippen molar-refractivity contribution in [1.82, 2.24) is 33.0 Å². The molecule has 6 N–H and O–H groups in total. The summed E-state index contributed by atoms with van der Waals surface area (Å²) < 4.78 is 0. The van der Waals surface area contributed by atoms with E-state index in [1.807, 2.05) is 0 Å². The van der Waals surface area contributed by atoms with Crippen LogP contribution in [0.4, 0.5) is 0 Å². The van der Waals surface area contributed by atoms with E-state index in [0.717, 1.165) is 13.1 Å². The summed E-state index contributed by atoms with van der Waals surface area (Å²) in [6.07, 6.45) is 12.0. The Kier molecular flexibility index (Phi) is 10.7. The molecule has 0 aromatic rings. The lowest BCUT2D eigenvalue weighted by molar-refractivity contribution is 0.292. The van der Waals surface area contributed by atoms with Gasteiger partial charge in [0.15, 0.2) is 0 Å². The number of nitrogens with one attached hydrogen (secondary N) is 6. The lowest BCUT2D eigenvalue weighted by atomic mass is 10.1. The molecular formula is C11H28N6. The number of hydrogen-bond acceptors (Lipinski definition) is 6. The Labute approximate surface area is 105 Å². The Bertz CT molecular complexity index is 85.4. The minimum atomic E-state index is 0.988. The third kappa shape index (κ3) is 10.6. The molecule has 0 atom stereocenters. The van der Waals surface area contributed by atoms with Gasteiger partial charge in [0.05, 0.1) is 0 Å². The molecule has 1 aliphatic heterocycles. The largest absolute Gasteiger partial charge is 0.243 e. The van der Waals surface area contributed by atoms with Crippen LogP contribution in [-0.4, -0.2) is 13.1 Å². The molecule has 102 valence electrons. The topological polar surface area (TPSA) is 72.2 Å². The van der Waals surface area contributed by atoms with Crippen LogP contribution in [-0.2, 0) is 0 Å². The van der Waals surface area contributed by atoms with Crippen molar-refractivity contribution in [1.29, 1.82) is 0 Å². The Morgan fingerprint density at radius 3 is 1.12 bits per heavy atom. The van der Waals surface area contributed by atoms with Gasteiger partial charge in [-0.1, -0.05) is 44.9 Å². The molecule has 0 aromatic heterocycles. The first-order chi connectivity index (χ1) is 8.50. The highest BCUT2D eigenvalue weighted by Gasteiger charge is 1.94. The zero-order valence-corrected chi connectivity index (χ0v) is 10.8. The summed E-state index contributed by atoms with van der Waals surface area (Å²) in [5.41, 5.74) is 17.5. The monoisotopic (exact) mass is 244 g/mol. The molecule has 0 bridgehead atoms. The summed E-state index contributed by atoms with van der Waals surface area (Å²) in [6.45, 7) is 1.98. The fourth-order valence-electron chi connectivity index (χ4n) is 1.94. The van der Waals surface area contributed by atoms with Gasteiger partial charge in [-0.25, -0.2) is 10.9 Å². The first kappa shape index (κ1) is 14.8. The second-order valence-corrected chi connectivity index (χ2v) is 4.54. The van der Waals surface area contributed by atoms with Crippen molar-refractivity contribution < 1.29 is 0 Å². The summed E-state index contributed by atoms with van der Waals surface area (Å²) in [6, 6.07) is 0. The Morgan fingerprint density at radius 1 is 0.353 bits per heavy atom. The van der Waals surface area contributed by atoms with Crippen LogP contribution < -0.4 is 33.0 Å². The first-order valence-corrected chi connectivity index (χ1v) is 6.96. The highest BCUT2D eigenvalue weighted by Crippen LogP contribution is 2.09. The quantitative estimate of drug-likeness (QED) is 0.375. The van der Waals surface area contributed by atoms with Crippen molar-refractivity contribution in [3.8, 4) is 0 Å². The molecule has 0 radical (unpaired) electrons. The van der Waals surface area contributed by atoms with E-state index in [2.05, 4.69) is 33.0 Å². The normalized spacial score (nSPS) is 24.0. The Morgan fingerprint density at radius 2 is 0.706 bits per heavy atom. The number of rotatable bonds is 0. The lowest BCUT2D eigenvalue weighted by Gasteiger charge is -2.11. The molecule has 1 aliphatic rings. The van der Waals surface area contributed by atoms with Crippen LogP contribution in [0, 0.1) is 0 Å². The second-order valence-electron chi connectivity index (χ2n) is 4.54. The van der Waals surface area contributed by atoms with Crippen molar-refractivity contribution >= 4 is 0 Å². The zero-order valence-electron chi connectivity index (χ0n) is 10.8. The molecule has 0 amide bonds. The Balaban J connectivity index is 2.01. The van der Waals surface area contributed by atoms with Gasteiger partial charge in [-0.2, -0.15) is 22.1 Å². The minimum Gasteiger partial charge on any atom is -0.243 e. The van der Waals surface area contributed by atoms with Gasteiger partial charge in [-0.3, -0.25) is 0 Å². The maximum Gasteiger partial charge on any atom is 0.0113 e. The van der Waals surface area contributed by atoms with Crippen LogP contribution in [0.25, 0.3) is 0 Å². The van der Waals surface area contributed by atoms with Crippen molar-refractivity contribution in [2.24, 2.45) is 0 Å². The lowest BCUT2D eigenvalue weighted by Crippen LogP contribution is -2.58. The number of hydrazine groups is 5. The molecule has 0 aromatic carbocycles. The SMILES string of the molecule is C1CCCCCNNNNNNCCCCC1. The summed E-state index contributed by atoms with van der Waals surface area (Å²) in [5.74, 6) is 0. The summed E-state index contributed by atoms with van der Waals surface area (Å²) in [7, 11) is 0. The molecule has 0 aliphatic carbocycles. The van der Waals surface area contributed by atoms with Crippen molar-refractivity contribution in [2.45, 2.75) is 57.8 Å². The predicted molar refractivity (Wildman–Crippen MR) is 70.1 cm³/mol.